The van der Waals surface area contributed by atoms with Crippen LogP contribution in [0, 0.1) is 0 Å². The molecule has 0 aromatic heterocycles. The van der Waals surface area contributed by atoms with Crippen LogP contribution in [0.15, 0.2) is 89.2 Å². The summed E-state index contributed by atoms with van der Waals surface area (Å²) in [5.41, 5.74) is 10.0. The summed E-state index contributed by atoms with van der Waals surface area (Å²) in [4.78, 5) is 4.25. The summed E-state index contributed by atoms with van der Waals surface area (Å²) in [6.45, 7) is 9.98. The molecule has 2 N–H and O–H groups in total. The summed E-state index contributed by atoms with van der Waals surface area (Å²) in [5, 5.41) is 0. The molecule has 0 atom stereocenters. The SMILES string of the molecule is C=C(C)C(/C(=C\CC)c1ccc(Oc2ccccc2)cc1)=C(N)\N=C/C. The summed E-state index contributed by atoms with van der Waals surface area (Å²) in [5.74, 6) is 2.08. The van der Waals surface area contributed by atoms with Crippen molar-refractivity contribution >= 4 is 11.8 Å². The summed E-state index contributed by atoms with van der Waals surface area (Å²) < 4.78 is 5.87. The van der Waals surface area contributed by atoms with Crippen LogP contribution in [-0.4, -0.2) is 6.21 Å². The third-order valence-electron chi connectivity index (χ3n) is 3.77. The smallest absolute Gasteiger partial charge is 0.131 e. The van der Waals surface area contributed by atoms with Gasteiger partial charge in [-0.1, -0.05) is 49.9 Å². The van der Waals surface area contributed by atoms with Crippen LogP contribution in [0.25, 0.3) is 5.57 Å². The van der Waals surface area contributed by atoms with Crippen LogP contribution in [0.5, 0.6) is 11.5 Å². The Kier molecular flexibility index (Phi) is 6.98. The van der Waals surface area contributed by atoms with Crippen molar-refractivity contribution in [3.63, 3.8) is 0 Å². The fraction of sp³-hybridized carbons (Fsp3) is 0.174. The van der Waals surface area contributed by atoms with Crippen LogP contribution in [0.1, 0.15) is 32.8 Å². The number of allylic oxidation sites excluding steroid dienone is 4. The first-order valence-corrected chi connectivity index (χ1v) is 8.75. The van der Waals surface area contributed by atoms with Gasteiger partial charge in [0.2, 0.25) is 0 Å². The second-order valence-corrected chi connectivity index (χ2v) is 5.89. The van der Waals surface area contributed by atoms with Gasteiger partial charge < -0.3 is 10.5 Å². The van der Waals surface area contributed by atoms with E-state index in [1.807, 2.05) is 68.4 Å². The van der Waals surface area contributed by atoms with E-state index in [1.165, 1.54) is 0 Å². The maximum absolute atomic E-state index is 6.19. The predicted molar refractivity (Wildman–Crippen MR) is 111 cm³/mol. The van der Waals surface area contributed by atoms with Crippen molar-refractivity contribution in [3.8, 4) is 11.5 Å². The lowest BCUT2D eigenvalue weighted by atomic mass is 9.92. The maximum atomic E-state index is 6.19. The number of nitrogens with zero attached hydrogens (tertiary/aromatic N) is 1. The van der Waals surface area contributed by atoms with E-state index in [4.69, 9.17) is 10.5 Å². The number of hydrogen-bond acceptors (Lipinski definition) is 3. The number of ether oxygens (including phenoxy) is 1. The standard InChI is InChI=1S/C23H26N2O/c1-5-10-21(22(17(3)4)23(24)25-6-2)18-13-15-20(16-14-18)26-19-11-8-7-9-12-19/h6-16H,3,5,24H2,1-2,4H3/b21-10-,23-22+,25-6-. The van der Waals surface area contributed by atoms with Crippen molar-refractivity contribution in [1.29, 1.82) is 0 Å². The van der Waals surface area contributed by atoms with E-state index >= 15 is 0 Å². The highest BCUT2D eigenvalue weighted by Crippen LogP contribution is 2.32. The van der Waals surface area contributed by atoms with Gasteiger partial charge in [-0.15, -0.1) is 0 Å². The molecule has 134 valence electrons. The quantitative estimate of drug-likeness (QED) is 0.486. The van der Waals surface area contributed by atoms with Gasteiger partial charge in [-0.05, 0) is 61.2 Å². The Morgan fingerprint density at radius 3 is 2.23 bits per heavy atom. The molecule has 0 aliphatic carbocycles. The molecule has 0 saturated carbocycles. The highest BCUT2D eigenvalue weighted by molar-refractivity contribution is 5.84. The van der Waals surface area contributed by atoms with Crippen molar-refractivity contribution in [2.45, 2.75) is 27.2 Å². The molecule has 0 bridgehead atoms. The summed E-state index contributed by atoms with van der Waals surface area (Å²) in [7, 11) is 0. The van der Waals surface area contributed by atoms with E-state index < -0.39 is 0 Å². The van der Waals surface area contributed by atoms with Crippen LogP contribution in [0.4, 0.5) is 0 Å². The molecule has 0 amide bonds. The van der Waals surface area contributed by atoms with Crippen LogP contribution in [0.3, 0.4) is 0 Å². The molecule has 0 saturated heterocycles. The fourth-order valence-electron chi connectivity index (χ4n) is 2.69. The van der Waals surface area contributed by atoms with E-state index in [1.54, 1.807) is 6.21 Å². The van der Waals surface area contributed by atoms with Gasteiger partial charge in [0.1, 0.15) is 17.3 Å². The number of benzene rings is 2. The molecule has 0 unspecified atom stereocenters. The molecule has 26 heavy (non-hydrogen) atoms. The van der Waals surface area contributed by atoms with Gasteiger partial charge in [-0.2, -0.15) is 0 Å². The molecule has 2 rings (SSSR count). The second kappa shape index (κ2) is 9.42. The third kappa shape index (κ3) is 4.96. The first-order chi connectivity index (χ1) is 12.6. The normalized spacial score (nSPS) is 12.8. The monoisotopic (exact) mass is 346 g/mol. The first-order valence-electron chi connectivity index (χ1n) is 8.75. The van der Waals surface area contributed by atoms with Crippen molar-refractivity contribution in [1.82, 2.24) is 0 Å². The Bertz CT molecular complexity index is 828. The van der Waals surface area contributed by atoms with E-state index in [0.717, 1.165) is 40.2 Å². The van der Waals surface area contributed by atoms with Gasteiger partial charge >= 0.3 is 0 Å². The zero-order valence-corrected chi connectivity index (χ0v) is 15.7. The molecule has 2 aromatic rings. The molecule has 0 aliphatic rings. The molecule has 3 heteroatoms. The molecule has 0 fully saturated rings. The van der Waals surface area contributed by atoms with Gasteiger partial charge in [0.15, 0.2) is 0 Å². The Morgan fingerprint density at radius 2 is 1.69 bits per heavy atom. The average molecular weight is 346 g/mol. The second-order valence-electron chi connectivity index (χ2n) is 5.89. The van der Waals surface area contributed by atoms with E-state index in [0.29, 0.717) is 5.82 Å². The van der Waals surface area contributed by atoms with Crippen LogP contribution in [0.2, 0.25) is 0 Å². The minimum Gasteiger partial charge on any atom is -0.457 e. The number of para-hydroxylation sites is 1. The fourth-order valence-corrected chi connectivity index (χ4v) is 2.69. The number of rotatable bonds is 7. The molecular weight excluding hydrogens is 320 g/mol. The number of hydrogen-bond donors (Lipinski definition) is 1. The Balaban J connectivity index is 2.37. The van der Waals surface area contributed by atoms with E-state index in [9.17, 15) is 0 Å². The summed E-state index contributed by atoms with van der Waals surface area (Å²) in [6, 6.07) is 17.7. The van der Waals surface area contributed by atoms with Crippen molar-refractivity contribution in [2.24, 2.45) is 10.7 Å². The first kappa shape index (κ1) is 19.3. The van der Waals surface area contributed by atoms with Crippen molar-refractivity contribution in [3.05, 3.63) is 89.8 Å². The van der Waals surface area contributed by atoms with Crippen molar-refractivity contribution < 1.29 is 4.74 Å². The van der Waals surface area contributed by atoms with Crippen LogP contribution < -0.4 is 10.5 Å². The minimum absolute atomic E-state index is 0.476. The number of nitrogens with two attached hydrogens (primary N) is 1. The average Bonchev–Trinajstić information content (AvgIpc) is 2.63. The maximum Gasteiger partial charge on any atom is 0.131 e. The highest BCUT2D eigenvalue weighted by atomic mass is 16.5. The van der Waals surface area contributed by atoms with Crippen molar-refractivity contribution in [2.75, 3.05) is 0 Å². The summed E-state index contributed by atoms with van der Waals surface area (Å²) in [6.07, 6.45) is 4.73. The van der Waals surface area contributed by atoms with Crippen LogP contribution >= 0.6 is 0 Å². The Morgan fingerprint density at radius 1 is 1.08 bits per heavy atom. The molecule has 0 heterocycles. The predicted octanol–water partition coefficient (Wildman–Crippen LogP) is 6.11. The van der Waals surface area contributed by atoms with Gasteiger partial charge in [0, 0.05) is 11.8 Å². The van der Waals surface area contributed by atoms with Gasteiger partial charge in [0.25, 0.3) is 0 Å². The highest BCUT2D eigenvalue weighted by Gasteiger charge is 2.13. The molecule has 2 aromatic carbocycles. The zero-order chi connectivity index (χ0) is 18.9. The Hall–Kier alpha value is -3.07. The lowest BCUT2D eigenvalue weighted by Gasteiger charge is -2.15. The van der Waals surface area contributed by atoms with Gasteiger partial charge in [-0.3, -0.25) is 0 Å². The Labute approximate surface area is 156 Å². The molecule has 3 nitrogen and oxygen atoms in total. The largest absolute Gasteiger partial charge is 0.457 e. The lowest BCUT2D eigenvalue weighted by molar-refractivity contribution is 0.482. The van der Waals surface area contributed by atoms with Gasteiger partial charge in [-0.25, -0.2) is 4.99 Å². The molecule has 0 radical (unpaired) electrons. The summed E-state index contributed by atoms with van der Waals surface area (Å²) >= 11 is 0. The molecular formula is C23H26N2O. The lowest BCUT2D eigenvalue weighted by Crippen LogP contribution is -2.04. The van der Waals surface area contributed by atoms with Crippen LogP contribution in [-0.2, 0) is 0 Å². The molecule has 0 spiro atoms. The van der Waals surface area contributed by atoms with E-state index in [-0.39, 0.29) is 0 Å². The number of aliphatic imine (C=N–C) groups is 1. The van der Waals surface area contributed by atoms with Gasteiger partial charge in [0.05, 0.1) is 0 Å². The molecule has 0 aliphatic heterocycles. The van der Waals surface area contributed by atoms with E-state index in [2.05, 4.69) is 24.6 Å². The third-order valence-corrected chi connectivity index (χ3v) is 3.77. The zero-order valence-electron chi connectivity index (χ0n) is 15.7. The minimum atomic E-state index is 0.476. The topological polar surface area (TPSA) is 47.6 Å².